The molecule has 0 aliphatic carbocycles. The van der Waals surface area contributed by atoms with E-state index in [2.05, 4.69) is 34.2 Å². The first-order chi connectivity index (χ1) is 11.2. The molecule has 0 unspecified atom stereocenters. The summed E-state index contributed by atoms with van der Waals surface area (Å²) in [4.78, 5) is 15.3. The van der Waals surface area contributed by atoms with Crippen LogP contribution in [0.25, 0.3) is 0 Å². The van der Waals surface area contributed by atoms with Crippen molar-refractivity contribution in [1.29, 1.82) is 0 Å². The van der Waals surface area contributed by atoms with Crippen LogP contribution < -0.4 is 4.90 Å². The van der Waals surface area contributed by atoms with Gasteiger partial charge < -0.3 is 4.90 Å². The van der Waals surface area contributed by atoms with Crippen LogP contribution in [0, 0.1) is 0 Å². The number of aliphatic imine (C=N–C) groups is 1. The molecule has 0 N–H and O–H groups in total. The van der Waals surface area contributed by atoms with Gasteiger partial charge in [-0.25, -0.2) is 15.0 Å². The van der Waals surface area contributed by atoms with E-state index in [1.807, 2.05) is 55.4 Å². The summed E-state index contributed by atoms with van der Waals surface area (Å²) in [5.74, 6) is 0.671. The maximum Gasteiger partial charge on any atom is 0.224 e. The van der Waals surface area contributed by atoms with Crippen LogP contribution in [0.1, 0.15) is 11.1 Å². The maximum absolute atomic E-state index is 4.77. The van der Waals surface area contributed by atoms with Gasteiger partial charge in [-0.3, -0.25) is 0 Å². The van der Waals surface area contributed by atoms with Crippen LogP contribution in [0.15, 0.2) is 78.0 Å². The molecule has 0 radical (unpaired) electrons. The fraction of sp³-hybridized carbons (Fsp3) is 0.105. The van der Waals surface area contributed by atoms with Crippen LogP contribution in [0.4, 0.5) is 11.6 Å². The molecule has 0 atom stereocenters. The zero-order chi connectivity index (χ0) is 16.1. The average Bonchev–Trinajstić information content (AvgIpc) is 2.61. The van der Waals surface area contributed by atoms with Crippen LogP contribution in [0.5, 0.6) is 0 Å². The SMILES string of the molecule is CN(C)c1ncc(N=C(c2ccccc2)c2ccccc2)cn1. The van der Waals surface area contributed by atoms with Gasteiger partial charge in [0.05, 0.1) is 18.1 Å². The Morgan fingerprint density at radius 3 is 1.70 bits per heavy atom. The fourth-order valence-electron chi connectivity index (χ4n) is 2.22. The van der Waals surface area contributed by atoms with Gasteiger partial charge in [0.1, 0.15) is 5.69 Å². The van der Waals surface area contributed by atoms with Gasteiger partial charge in [0, 0.05) is 25.2 Å². The molecule has 0 aliphatic heterocycles. The minimum absolute atomic E-state index is 0.671. The molecular weight excluding hydrogens is 284 g/mol. The zero-order valence-corrected chi connectivity index (χ0v) is 13.2. The van der Waals surface area contributed by atoms with Crippen LogP contribution in [-0.4, -0.2) is 29.8 Å². The highest BCUT2D eigenvalue weighted by Gasteiger charge is 2.07. The highest BCUT2D eigenvalue weighted by molar-refractivity contribution is 6.13. The van der Waals surface area contributed by atoms with Gasteiger partial charge in [0.15, 0.2) is 0 Å². The predicted octanol–water partition coefficient (Wildman–Crippen LogP) is 3.71. The van der Waals surface area contributed by atoms with E-state index in [4.69, 9.17) is 4.99 Å². The van der Waals surface area contributed by atoms with Gasteiger partial charge >= 0.3 is 0 Å². The highest BCUT2D eigenvalue weighted by Crippen LogP contribution is 2.17. The fourth-order valence-corrected chi connectivity index (χ4v) is 2.22. The van der Waals surface area contributed by atoms with Crippen LogP contribution in [-0.2, 0) is 0 Å². The standard InChI is InChI=1S/C19H18N4/c1-23(2)19-20-13-17(14-21-19)22-18(15-9-5-3-6-10-15)16-11-7-4-8-12-16/h3-14H,1-2H3. The van der Waals surface area contributed by atoms with Crippen molar-refractivity contribution in [3.05, 3.63) is 84.2 Å². The summed E-state index contributed by atoms with van der Waals surface area (Å²) in [6.45, 7) is 0. The molecule has 23 heavy (non-hydrogen) atoms. The van der Waals surface area contributed by atoms with E-state index in [-0.39, 0.29) is 0 Å². The predicted molar refractivity (Wildman–Crippen MR) is 94.5 cm³/mol. The lowest BCUT2D eigenvalue weighted by molar-refractivity contribution is 0.997. The summed E-state index contributed by atoms with van der Waals surface area (Å²) >= 11 is 0. The van der Waals surface area contributed by atoms with Crippen molar-refractivity contribution < 1.29 is 0 Å². The molecule has 1 aromatic heterocycles. The molecule has 2 aromatic carbocycles. The topological polar surface area (TPSA) is 41.4 Å². The molecule has 0 spiro atoms. The second-order valence-corrected chi connectivity index (χ2v) is 5.33. The number of rotatable bonds is 4. The smallest absolute Gasteiger partial charge is 0.224 e. The Morgan fingerprint density at radius 1 is 0.783 bits per heavy atom. The van der Waals surface area contributed by atoms with Gasteiger partial charge in [-0.1, -0.05) is 60.7 Å². The number of aromatic nitrogens is 2. The van der Waals surface area contributed by atoms with Crippen molar-refractivity contribution in [2.24, 2.45) is 4.99 Å². The van der Waals surface area contributed by atoms with Crippen molar-refractivity contribution in [2.45, 2.75) is 0 Å². The number of anilines is 1. The van der Waals surface area contributed by atoms with Crippen LogP contribution in [0.3, 0.4) is 0 Å². The Hall–Kier alpha value is -3.01. The Balaban J connectivity index is 2.05. The zero-order valence-electron chi connectivity index (χ0n) is 13.2. The summed E-state index contributed by atoms with van der Waals surface area (Å²) < 4.78 is 0. The van der Waals surface area contributed by atoms with Crippen molar-refractivity contribution in [3.63, 3.8) is 0 Å². The molecule has 4 nitrogen and oxygen atoms in total. The van der Waals surface area contributed by atoms with Gasteiger partial charge in [0.2, 0.25) is 5.95 Å². The monoisotopic (exact) mass is 302 g/mol. The normalized spacial score (nSPS) is 10.2. The molecule has 3 aromatic rings. The number of benzene rings is 2. The van der Waals surface area contributed by atoms with E-state index in [0.29, 0.717) is 5.95 Å². The summed E-state index contributed by atoms with van der Waals surface area (Å²) in [7, 11) is 3.83. The quantitative estimate of drug-likeness (QED) is 0.690. The summed E-state index contributed by atoms with van der Waals surface area (Å²) in [6, 6.07) is 20.3. The third kappa shape index (κ3) is 3.61. The molecular formula is C19H18N4. The first kappa shape index (κ1) is 14.9. The number of nitrogens with zero attached hydrogens (tertiary/aromatic N) is 4. The number of hydrogen-bond acceptors (Lipinski definition) is 4. The number of hydrogen-bond donors (Lipinski definition) is 0. The average molecular weight is 302 g/mol. The third-order valence-corrected chi connectivity index (χ3v) is 3.36. The second kappa shape index (κ2) is 6.83. The molecule has 0 saturated carbocycles. The molecule has 1 heterocycles. The molecule has 0 saturated heterocycles. The summed E-state index contributed by atoms with van der Waals surface area (Å²) in [5.41, 5.74) is 3.77. The highest BCUT2D eigenvalue weighted by atomic mass is 15.2. The Bertz CT molecular complexity index is 737. The van der Waals surface area contributed by atoms with Crippen LogP contribution in [0.2, 0.25) is 0 Å². The minimum Gasteiger partial charge on any atom is -0.347 e. The molecule has 114 valence electrons. The van der Waals surface area contributed by atoms with Crippen molar-refractivity contribution in [3.8, 4) is 0 Å². The van der Waals surface area contributed by atoms with Crippen molar-refractivity contribution in [2.75, 3.05) is 19.0 Å². The maximum atomic E-state index is 4.77. The van der Waals surface area contributed by atoms with E-state index in [9.17, 15) is 0 Å². The summed E-state index contributed by atoms with van der Waals surface area (Å²) in [5, 5.41) is 0. The van der Waals surface area contributed by atoms with E-state index in [0.717, 1.165) is 22.5 Å². The van der Waals surface area contributed by atoms with E-state index >= 15 is 0 Å². The molecule has 3 rings (SSSR count). The molecule has 0 aliphatic rings. The van der Waals surface area contributed by atoms with E-state index in [1.165, 1.54) is 0 Å². The Kier molecular flexibility index (Phi) is 4.43. The Morgan fingerprint density at radius 2 is 1.26 bits per heavy atom. The molecule has 0 fully saturated rings. The lowest BCUT2D eigenvalue weighted by Crippen LogP contribution is -2.12. The third-order valence-electron chi connectivity index (χ3n) is 3.36. The van der Waals surface area contributed by atoms with E-state index in [1.54, 1.807) is 12.4 Å². The van der Waals surface area contributed by atoms with Crippen molar-refractivity contribution >= 4 is 17.3 Å². The van der Waals surface area contributed by atoms with Gasteiger partial charge in [-0.05, 0) is 0 Å². The summed E-state index contributed by atoms with van der Waals surface area (Å²) in [6.07, 6.45) is 3.49. The Labute approximate surface area is 136 Å². The van der Waals surface area contributed by atoms with Gasteiger partial charge in [-0.15, -0.1) is 0 Å². The first-order valence-corrected chi connectivity index (χ1v) is 7.43. The van der Waals surface area contributed by atoms with E-state index < -0.39 is 0 Å². The first-order valence-electron chi connectivity index (χ1n) is 7.43. The van der Waals surface area contributed by atoms with Crippen LogP contribution >= 0.6 is 0 Å². The van der Waals surface area contributed by atoms with Gasteiger partial charge in [-0.2, -0.15) is 0 Å². The molecule has 0 bridgehead atoms. The molecule has 4 heteroatoms. The lowest BCUT2D eigenvalue weighted by Gasteiger charge is -2.10. The largest absolute Gasteiger partial charge is 0.347 e. The second-order valence-electron chi connectivity index (χ2n) is 5.33. The van der Waals surface area contributed by atoms with Crippen molar-refractivity contribution in [1.82, 2.24) is 9.97 Å². The van der Waals surface area contributed by atoms with Gasteiger partial charge in [0.25, 0.3) is 0 Å². The molecule has 0 amide bonds. The minimum atomic E-state index is 0.671. The lowest BCUT2D eigenvalue weighted by atomic mass is 10.0.